The number of hydrogen-bond acceptors (Lipinski definition) is 2. The van der Waals surface area contributed by atoms with Crippen LogP contribution in [0, 0.1) is 5.21 Å². The summed E-state index contributed by atoms with van der Waals surface area (Å²) in [5.74, 6) is 0. The van der Waals surface area contributed by atoms with Crippen molar-refractivity contribution in [3.05, 3.63) is 5.21 Å². The van der Waals surface area contributed by atoms with E-state index in [0.717, 1.165) is 6.42 Å². The molecule has 18 heavy (non-hydrogen) atoms. The summed E-state index contributed by atoms with van der Waals surface area (Å²) in [4.78, 5) is 0. The van der Waals surface area contributed by atoms with Crippen LogP contribution in [0.1, 0.15) is 71.6 Å². The predicted molar refractivity (Wildman–Crippen MR) is 75.6 cm³/mol. The summed E-state index contributed by atoms with van der Waals surface area (Å²) in [6.45, 7) is 6.24. The van der Waals surface area contributed by atoms with Crippen molar-refractivity contribution in [3.8, 4) is 0 Å². The highest BCUT2D eigenvalue weighted by Crippen LogP contribution is 2.20. The van der Waals surface area contributed by atoms with Gasteiger partial charge in [0.25, 0.3) is 0 Å². The molecule has 0 bridgehead atoms. The van der Waals surface area contributed by atoms with Crippen molar-refractivity contribution in [2.45, 2.75) is 77.2 Å². The van der Waals surface area contributed by atoms with Gasteiger partial charge in [0.15, 0.2) is 0 Å². The highest BCUT2D eigenvalue weighted by Gasteiger charge is 2.31. The largest absolute Gasteiger partial charge is 0.634 e. The van der Waals surface area contributed by atoms with Crippen molar-refractivity contribution in [2.24, 2.45) is 0 Å². The van der Waals surface area contributed by atoms with Gasteiger partial charge in [0, 0.05) is 0 Å². The molecule has 1 fully saturated rings. The van der Waals surface area contributed by atoms with Crippen LogP contribution in [0.5, 0.6) is 0 Å². The first-order valence-electron chi connectivity index (χ1n) is 7.82. The van der Waals surface area contributed by atoms with Crippen LogP contribution >= 0.6 is 0 Å². The molecule has 0 amide bonds. The van der Waals surface area contributed by atoms with Crippen molar-refractivity contribution in [1.29, 1.82) is 0 Å². The van der Waals surface area contributed by atoms with Gasteiger partial charge in [-0.15, -0.1) is 0 Å². The van der Waals surface area contributed by atoms with Crippen LogP contribution in [0.15, 0.2) is 0 Å². The second kappa shape index (κ2) is 8.89. The van der Waals surface area contributed by atoms with Gasteiger partial charge in [-0.2, -0.15) is 0 Å². The Morgan fingerprint density at radius 3 is 2.28 bits per heavy atom. The minimum absolute atomic E-state index is 0.155. The van der Waals surface area contributed by atoms with Crippen molar-refractivity contribution in [2.75, 3.05) is 19.7 Å². The lowest BCUT2D eigenvalue weighted by molar-refractivity contribution is -0.866. The second-order valence-electron chi connectivity index (χ2n) is 5.99. The lowest BCUT2D eigenvalue weighted by Gasteiger charge is -2.39. The smallest absolute Gasteiger partial charge is 0.115 e. The van der Waals surface area contributed by atoms with Crippen molar-refractivity contribution < 1.29 is 9.80 Å². The molecule has 1 aliphatic rings. The summed E-state index contributed by atoms with van der Waals surface area (Å²) in [6, 6.07) is 0. The van der Waals surface area contributed by atoms with Gasteiger partial charge in [-0.05, 0) is 13.3 Å². The zero-order valence-corrected chi connectivity index (χ0v) is 12.3. The Hall–Kier alpha value is -0.120. The molecule has 1 N–H and O–H groups in total. The van der Waals surface area contributed by atoms with Crippen LogP contribution in [0.25, 0.3) is 0 Å². The monoisotopic (exact) mass is 257 g/mol. The average molecular weight is 257 g/mol. The normalized spacial score (nSPS) is 28.5. The molecule has 3 nitrogen and oxygen atoms in total. The van der Waals surface area contributed by atoms with Crippen LogP contribution in [-0.2, 0) is 4.74 Å². The van der Waals surface area contributed by atoms with Gasteiger partial charge in [-0.25, -0.2) is 0 Å². The van der Waals surface area contributed by atoms with E-state index in [9.17, 15) is 5.21 Å². The summed E-state index contributed by atoms with van der Waals surface area (Å²) in [7, 11) is 0. The second-order valence-corrected chi connectivity index (χ2v) is 5.99. The molecule has 1 saturated heterocycles. The van der Waals surface area contributed by atoms with Gasteiger partial charge in [0.05, 0.1) is 6.61 Å². The fraction of sp³-hybridized carbons (Fsp3) is 1.00. The van der Waals surface area contributed by atoms with Gasteiger partial charge < -0.3 is 15.0 Å². The maximum Gasteiger partial charge on any atom is 0.115 e. The van der Waals surface area contributed by atoms with E-state index in [-0.39, 0.29) is 5.60 Å². The fourth-order valence-electron chi connectivity index (χ4n) is 2.76. The third-order valence-corrected chi connectivity index (χ3v) is 3.96. The molecule has 0 aromatic carbocycles. The molecule has 0 aromatic heterocycles. The number of rotatable bonds is 9. The molecule has 1 heterocycles. The first-order valence-corrected chi connectivity index (χ1v) is 7.82. The van der Waals surface area contributed by atoms with Crippen LogP contribution in [0.2, 0.25) is 0 Å². The van der Waals surface area contributed by atoms with Gasteiger partial charge in [-0.3, -0.25) is 0 Å². The van der Waals surface area contributed by atoms with Crippen LogP contribution in [0.4, 0.5) is 0 Å². The zero-order valence-electron chi connectivity index (χ0n) is 12.3. The highest BCUT2D eigenvalue weighted by molar-refractivity contribution is 4.76. The molecule has 0 aromatic rings. The van der Waals surface area contributed by atoms with E-state index in [1.165, 1.54) is 51.4 Å². The van der Waals surface area contributed by atoms with Gasteiger partial charge in [0.2, 0.25) is 0 Å². The summed E-state index contributed by atoms with van der Waals surface area (Å²) >= 11 is 0. The first kappa shape index (κ1) is 15.9. The van der Waals surface area contributed by atoms with Gasteiger partial charge in [-0.1, -0.05) is 58.3 Å². The number of quaternary nitrogens is 1. The summed E-state index contributed by atoms with van der Waals surface area (Å²) < 4.78 is 5.77. The Kier molecular flexibility index (Phi) is 7.87. The summed E-state index contributed by atoms with van der Waals surface area (Å²) in [6.07, 6.45) is 11.7. The highest BCUT2D eigenvalue weighted by atomic mass is 16.5. The van der Waals surface area contributed by atoms with E-state index >= 15 is 0 Å². The average Bonchev–Trinajstić information content (AvgIpc) is 2.32. The maximum atomic E-state index is 11.4. The molecule has 108 valence electrons. The summed E-state index contributed by atoms with van der Waals surface area (Å²) in [5.41, 5.74) is -0.155. The number of nitrogens with one attached hydrogen (secondary N) is 1. The number of ether oxygens (including phenoxy) is 1. The number of hydroxylamine groups is 2. The lowest BCUT2D eigenvalue weighted by Crippen LogP contribution is -3.11. The quantitative estimate of drug-likeness (QED) is 0.509. The van der Waals surface area contributed by atoms with E-state index in [0.29, 0.717) is 24.8 Å². The number of hydrogen-bond donors (Lipinski definition) is 1. The molecule has 0 saturated carbocycles. The Labute approximate surface area is 112 Å². The number of unbranched alkanes of at least 4 members (excludes halogenated alkanes) is 7. The van der Waals surface area contributed by atoms with Crippen LogP contribution < -0.4 is 5.06 Å². The molecule has 3 heteroatoms. The Morgan fingerprint density at radius 1 is 1.06 bits per heavy atom. The van der Waals surface area contributed by atoms with E-state index in [1.807, 2.05) is 0 Å². The van der Waals surface area contributed by atoms with Crippen LogP contribution in [0.3, 0.4) is 0 Å². The van der Waals surface area contributed by atoms with Crippen LogP contribution in [-0.4, -0.2) is 25.3 Å². The Balaban J connectivity index is 1.96. The van der Waals surface area contributed by atoms with Crippen molar-refractivity contribution in [1.82, 2.24) is 0 Å². The van der Waals surface area contributed by atoms with E-state index in [4.69, 9.17) is 4.74 Å². The van der Waals surface area contributed by atoms with E-state index < -0.39 is 0 Å². The molecular formula is C15H31NO2. The van der Waals surface area contributed by atoms with Gasteiger partial charge >= 0.3 is 0 Å². The molecule has 2 unspecified atom stereocenters. The van der Waals surface area contributed by atoms with E-state index in [1.54, 1.807) is 0 Å². The van der Waals surface area contributed by atoms with E-state index in [2.05, 4.69) is 13.8 Å². The van der Waals surface area contributed by atoms with Crippen molar-refractivity contribution >= 4 is 0 Å². The Bertz CT molecular complexity index is 211. The van der Waals surface area contributed by atoms with Crippen molar-refractivity contribution in [3.63, 3.8) is 0 Å². The Morgan fingerprint density at radius 2 is 1.67 bits per heavy atom. The number of morpholine rings is 1. The molecule has 0 spiro atoms. The molecule has 2 atom stereocenters. The summed E-state index contributed by atoms with van der Waals surface area (Å²) in [5, 5.41) is 11.8. The molecule has 0 aliphatic carbocycles. The SMILES string of the molecule is CCCCCCCCCCC1(C)C[NH+]([O-])CCO1. The molecule has 1 aliphatic heterocycles. The van der Waals surface area contributed by atoms with Gasteiger partial charge in [0.1, 0.15) is 18.7 Å². The topological polar surface area (TPSA) is 36.7 Å². The molecule has 0 radical (unpaired) electrons. The molecule has 1 rings (SSSR count). The zero-order chi connectivity index (χ0) is 13.3. The predicted octanol–water partition coefficient (Wildman–Crippen LogP) is 2.69. The lowest BCUT2D eigenvalue weighted by atomic mass is 9.96. The standard InChI is InChI=1S/C15H31NO2/c1-3-4-5-6-7-8-9-10-11-15(2)14-16(17)12-13-18-15/h16H,3-14H2,1-2H3. The maximum absolute atomic E-state index is 11.4. The fourth-order valence-corrected chi connectivity index (χ4v) is 2.76. The minimum atomic E-state index is -0.155. The molecular weight excluding hydrogens is 226 g/mol. The third-order valence-electron chi connectivity index (χ3n) is 3.96. The first-order chi connectivity index (χ1) is 8.66. The minimum Gasteiger partial charge on any atom is -0.634 e. The third kappa shape index (κ3) is 6.72.